The molecule has 0 amide bonds. The molecule has 0 bridgehead atoms. The quantitative estimate of drug-likeness (QED) is 0.540. The summed E-state index contributed by atoms with van der Waals surface area (Å²) >= 11 is 0. The van der Waals surface area contributed by atoms with Crippen LogP contribution in [0, 0.1) is 12.8 Å². The maximum atomic E-state index is 12.2. The van der Waals surface area contributed by atoms with Crippen LogP contribution in [-0.4, -0.2) is 32.7 Å². The van der Waals surface area contributed by atoms with E-state index in [0.717, 1.165) is 17.5 Å². The van der Waals surface area contributed by atoms with E-state index in [-0.39, 0.29) is 5.69 Å². The van der Waals surface area contributed by atoms with Gasteiger partial charge in [-0.3, -0.25) is 9.78 Å². The molecule has 7 heteroatoms. The molecule has 3 rings (SSSR count). The SMILES string of the molecule is CCc1cc2c(cc1C)nc1c(=O)[nH]c(=O)nc-1n2CCOCC(C)C. The molecule has 0 spiro atoms. The van der Waals surface area contributed by atoms with Gasteiger partial charge < -0.3 is 9.30 Å². The number of benzene rings is 1. The van der Waals surface area contributed by atoms with Crippen molar-refractivity contribution in [2.45, 2.75) is 40.7 Å². The van der Waals surface area contributed by atoms with E-state index < -0.39 is 11.2 Å². The van der Waals surface area contributed by atoms with E-state index in [1.807, 2.05) is 17.6 Å². The third-order valence-electron chi connectivity index (χ3n) is 4.36. The van der Waals surface area contributed by atoms with Crippen LogP contribution in [0.2, 0.25) is 0 Å². The van der Waals surface area contributed by atoms with Crippen LogP contribution in [0.5, 0.6) is 0 Å². The summed E-state index contributed by atoms with van der Waals surface area (Å²) < 4.78 is 7.57. The fourth-order valence-corrected chi connectivity index (χ4v) is 3.07. The Morgan fingerprint density at radius 1 is 1.23 bits per heavy atom. The molecule has 2 aliphatic heterocycles. The summed E-state index contributed by atoms with van der Waals surface area (Å²) in [6.07, 6.45) is 0.888. The third kappa shape index (κ3) is 3.53. The number of hydrogen-bond donors (Lipinski definition) is 1. The number of nitrogens with zero attached hydrogens (tertiary/aromatic N) is 3. The summed E-state index contributed by atoms with van der Waals surface area (Å²) in [7, 11) is 0. The fourth-order valence-electron chi connectivity index (χ4n) is 3.07. The first-order valence-corrected chi connectivity index (χ1v) is 8.92. The highest BCUT2D eigenvalue weighted by Gasteiger charge is 2.19. The molecule has 0 atom stereocenters. The molecular weight excluding hydrogens is 332 g/mol. The second kappa shape index (κ2) is 7.37. The Bertz CT molecular complexity index is 1020. The van der Waals surface area contributed by atoms with Gasteiger partial charge in [-0.1, -0.05) is 20.8 Å². The van der Waals surface area contributed by atoms with Gasteiger partial charge in [0.25, 0.3) is 5.56 Å². The van der Waals surface area contributed by atoms with E-state index in [2.05, 4.69) is 41.8 Å². The highest BCUT2D eigenvalue weighted by atomic mass is 16.5. The number of hydrogen-bond acceptors (Lipinski definition) is 5. The largest absolute Gasteiger partial charge is 0.379 e. The normalized spacial score (nSPS) is 11.7. The number of aromatic amines is 1. The predicted octanol–water partition coefficient (Wildman–Crippen LogP) is 2.13. The molecule has 2 heterocycles. The number of fused-ring (bicyclic) bond motifs is 2. The van der Waals surface area contributed by atoms with E-state index in [4.69, 9.17) is 4.74 Å². The Kier molecular flexibility index (Phi) is 5.18. The molecule has 2 aliphatic rings. The van der Waals surface area contributed by atoms with Crippen LogP contribution in [0.1, 0.15) is 31.9 Å². The van der Waals surface area contributed by atoms with Crippen molar-refractivity contribution in [2.75, 3.05) is 13.2 Å². The minimum absolute atomic E-state index is 0.171. The molecule has 0 saturated carbocycles. The molecule has 0 fully saturated rings. The van der Waals surface area contributed by atoms with Gasteiger partial charge in [0.2, 0.25) is 0 Å². The van der Waals surface area contributed by atoms with Gasteiger partial charge in [0.05, 0.1) is 17.6 Å². The number of rotatable bonds is 6. The van der Waals surface area contributed by atoms with E-state index in [9.17, 15) is 9.59 Å². The summed E-state index contributed by atoms with van der Waals surface area (Å²) in [5, 5.41) is 0. The van der Waals surface area contributed by atoms with Crippen molar-refractivity contribution in [3.05, 3.63) is 44.1 Å². The van der Waals surface area contributed by atoms with Crippen molar-refractivity contribution in [1.82, 2.24) is 19.5 Å². The van der Waals surface area contributed by atoms with E-state index in [0.29, 0.717) is 37.0 Å². The van der Waals surface area contributed by atoms with Gasteiger partial charge in [0.15, 0.2) is 11.5 Å². The standard InChI is InChI=1S/C19H24N4O3/c1-5-13-9-15-14(8-12(13)4)20-16-17(21-19(25)22-18(16)24)23(15)6-7-26-10-11(2)3/h8-9,11H,5-7,10H2,1-4H3,(H,22,24,25). The van der Waals surface area contributed by atoms with Crippen LogP contribution in [0.3, 0.4) is 0 Å². The lowest BCUT2D eigenvalue weighted by Crippen LogP contribution is -2.29. The summed E-state index contributed by atoms with van der Waals surface area (Å²) in [6, 6.07) is 4.04. The minimum Gasteiger partial charge on any atom is -0.379 e. The van der Waals surface area contributed by atoms with Crippen molar-refractivity contribution in [1.29, 1.82) is 0 Å². The van der Waals surface area contributed by atoms with Gasteiger partial charge in [-0.05, 0) is 42.5 Å². The van der Waals surface area contributed by atoms with Gasteiger partial charge in [-0.2, -0.15) is 4.98 Å². The molecule has 0 radical (unpaired) electrons. The average molecular weight is 356 g/mol. The lowest BCUT2D eigenvalue weighted by Gasteiger charge is -2.18. The van der Waals surface area contributed by atoms with E-state index in [1.165, 1.54) is 5.56 Å². The zero-order valence-corrected chi connectivity index (χ0v) is 15.6. The first kappa shape index (κ1) is 18.3. The van der Waals surface area contributed by atoms with Gasteiger partial charge in [0.1, 0.15) is 0 Å². The molecule has 0 unspecified atom stereocenters. The smallest absolute Gasteiger partial charge is 0.349 e. The molecule has 0 saturated heterocycles. The Hall–Kier alpha value is -2.54. The van der Waals surface area contributed by atoms with Crippen molar-refractivity contribution in [2.24, 2.45) is 5.92 Å². The second-order valence-corrected chi connectivity index (χ2v) is 6.90. The number of nitrogens with one attached hydrogen (secondary N) is 1. The van der Waals surface area contributed by atoms with Crippen LogP contribution in [0.15, 0.2) is 21.7 Å². The maximum absolute atomic E-state index is 12.2. The number of ether oxygens (including phenoxy) is 1. The lowest BCUT2D eigenvalue weighted by atomic mass is 10.0. The van der Waals surface area contributed by atoms with Gasteiger partial charge in [-0.25, -0.2) is 9.78 Å². The zero-order chi connectivity index (χ0) is 18.8. The highest BCUT2D eigenvalue weighted by Crippen LogP contribution is 2.24. The predicted molar refractivity (Wildman–Crippen MR) is 101 cm³/mol. The summed E-state index contributed by atoms with van der Waals surface area (Å²) in [4.78, 5) is 34.6. The van der Waals surface area contributed by atoms with Gasteiger partial charge in [0, 0.05) is 13.2 Å². The maximum Gasteiger partial charge on any atom is 0.349 e. The first-order chi connectivity index (χ1) is 12.4. The Labute approximate surface area is 151 Å². The minimum atomic E-state index is -0.664. The summed E-state index contributed by atoms with van der Waals surface area (Å²) in [6.45, 7) is 9.92. The van der Waals surface area contributed by atoms with Crippen LogP contribution in [-0.2, 0) is 17.7 Å². The van der Waals surface area contributed by atoms with Crippen LogP contribution in [0.25, 0.3) is 22.6 Å². The molecule has 138 valence electrons. The topological polar surface area (TPSA) is 89.9 Å². The number of aromatic nitrogens is 4. The molecule has 0 aromatic heterocycles. The number of H-pyrrole nitrogens is 1. The Balaban J connectivity index is 2.20. The lowest BCUT2D eigenvalue weighted by molar-refractivity contribution is 0.104. The summed E-state index contributed by atoms with van der Waals surface area (Å²) in [5.74, 6) is 0.736. The van der Waals surface area contributed by atoms with Gasteiger partial charge >= 0.3 is 5.69 Å². The first-order valence-electron chi connectivity index (χ1n) is 8.92. The van der Waals surface area contributed by atoms with E-state index >= 15 is 0 Å². The molecule has 0 aliphatic carbocycles. The van der Waals surface area contributed by atoms with E-state index in [1.54, 1.807) is 0 Å². The van der Waals surface area contributed by atoms with Crippen LogP contribution in [0.4, 0.5) is 0 Å². The molecule has 1 aromatic carbocycles. The monoisotopic (exact) mass is 356 g/mol. The van der Waals surface area contributed by atoms with Crippen LogP contribution < -0.4 is 11.2 Å². The van der Waals surface area contributed by atoms with Crippen molar-refractivity contribution in [3.8, 4) is 11.5 Å². The van der Waals surface area contributed by atoms with Gasteiger partial charge in [-0.15, -0.1) is 0 Å². The molecule has 26 heavy (non-hydrogen) atoms. The Morgan fingerprint density at radius 2 is 2.00 bits per heavy atom. The molecule has 7 nitrogen and oxygen atoms in total. The third-order valence-corrected chi connectivity index (χ3v) is 4.36. The van der Waals surface area contributed by atoms with Crippen molar-refractivity contribution in [3.63, 3.8) is 0 Å². The number of aryl methyl sites for hydroxylation is 2. The zero-order valence-electron chi connectivity index (χ0n) is 15.6. The molecule has 1 aromatic rings. The highest BCUT2D eigenvalue weighted by molar-refractivity contribution is 5.81. The van der Waals surface area contributed by atoms with Crippen molar-refractivity contribution < 1.29 is 4.74 Å². The second-order valence-electron chi connectivity index (χ2n) is 6.90. The molecule has 1 N–H and O–H groups in total. The summed E-state index contributed by atoms with van der Waals surface area (Å²) in [5.41, 5.74) is 2.87. The van der Waals surface area contributed by atoms with Crippen molar-refractivity contribution >= 4 is 11.0 Å². The van der Waals surface area contributed by atoms with Crippen LogP contribution >= 0.6 is 0 Å². The Morgan fingerprint density at radius 3 is 2.69 bits per heavy atom. The average Bonchev–Trinajstić information content (AvgIpc) is 2.57. The molecular formula is C19H24N4O3. The fraction of sp³-hybridized carbons (Fsp3) is 0.474.